The first-order valence-corrected chi connectivity index (χ1v) is 32.7. The molecule has 0 saturated carbocycles. The van der Waals surface area contributed by atoms with Crippen LogP contribution in [0.2, 0.25) is 0 Å². The summed E-state index contributed by atoms with van der Waals surface area (Å²) < 4.78 is 22.9. The molecule has 81 heavy (non-hydrogen) atoms. The van der Waals surface area contributed by atoms with Gasteiger partial charge in [-0.1, -0.05) is 264 Å². The summed E-state index contributed by atoms with van der Waals surface area (Å²) in [5.41, 5.74) is 0. The lowest BCUT2D eigenvalue weighted by Crippen LogP contribution is -2.40. The van der Waals surface area contributed by atoms with Crippen molar-refractivity contribution in [1.29, 1.82) is 0 Å². The predicted octanol–water partition coefficient (Wildman–Crippen LogP) is 20.0. The van der Waals surface area contributed by atoms with E-state index in [1.165, 1.54) is 116 Å². The third kappa shape index (κ3) is 63.1. The molecule has 0 aliphatic rings. The van der Waals surface area contributed by atoms with E-state index in [9.17, 15) is 19.5 Å². The number of carbonyl (C=O) groups excluding carboxylic acids is 2. The zero-order valence-electron chi connectivity index (χ0n) is 52.7. The van der Waals surface area contributed by atoms with Gasteiger partial charge < -0.3 is 28.5 Å². The average Bonchev–Trinajstić information content (AvgIpc) is 3.44. The van der Waals surface area contributed by atoms with Crippen molar-refractivity contribution in [1.82, 2.24) is 0 Å². The van der Waals surface area contributed by atoms with Crippen molar-refractivity contribution in [3.63, 3.8) is 0 Å². The zero-order valence-corrected chi connectivity index (χ0v) is 52.7. The molecule has 0 aromatic heterocycles. The van der Waals surface area contributed by atoms with Gasteiger partial charge in [-0.05, 0) is 103 Å². The molecule has 2 atom stereocenters. The Bertz CT molecular complexity index is 1740. The number of ether oxygens (including phenoxy) is 4. The van der Waals surface area contributed by atoms with Crippen molar-refractivity contribution >= 4 is 17.9 Å². The standard InChI is InChI=1S/C72H121NO8/c1-6-8-10-12-14-16-18-20-22-24-26-28-29-30-31-32-33-34-35-36-37-38-39-40-41-43-45-47-49-51-53-55-57-59-61-63-70(75)81-68(67-80-72(71(76)77)78-65-64-73(3,4)5)66-79-69(74)62-60-58-56-54-52-50-48-46-44-42-27-25-23-21-19-17-15-13-11-9-7-2/h8-11,14-17,20-23,26-28,30-31,33-34,42,68,72H,6-7,12-13,18-19,24-25,29,32,35-41,43-67H2,1-5H3/p+1/b10-8-,11-9-,16-14-,17-15-,22-20-,23-21-,28-26-,31-30-,34-33-,42-27-. The quantitative estimate of drug-likeness (QED) is 0.0211. The summed E-state index contributed by atoms with van der Waals surface area (Å²) in [7, 11) is 5.97. The zero-order chi connectivity index (χ0) is 59.1. The fraction of sp³-hybridized carbons (Fsp3) is 0.681. The summed E-state index contributed by atoms with van der Waals surface area (Å²) in [4.78, 5) is 37.5. The Morgan fingerprint density at radius 2 is 0.667 bits per heavy atom. The van der Waals surface area contributed by atoms with Crippen LogP contribution in [0.25, 0.3) is 0 Å². The van der Waals surface area contributed by atoms with Crippen LogP contribution >= 0.6 is 0 Å². The van der Waals surface area contributed by atoms with E-state index in [1.807, 2.05) is 21.1 Å². The van der Waals surface area contributed by atoms with Gasteiger partial charge in [-0.15, -0.1) is 0 Å². The fourth-order valence-corrected chi connectivity index (χ4v) is 8.77. The van der Waals surface area contributed by atoms with Crippen LogP contribution in [-0.2, 0) is 33.3 Å². The van der Waals surface area contributed by atoms with Crippen molar-refractivity contribution in [2.75, 3.05) is 47.5 Å². The molecule has 9 nitrogen and oxygen atoms in total. The largest absolute Gasteiger partial charge is 0.477 e. The number of hydrogen-bond acceptors (Lipinski definition) is 7. The topological polar surface area (TPSA) is 108 Å². The number of likely N-dealkylation sites (N-methyl/N-ethyl adjacent to an activating group) is 1. The highest BCUT2D eigenvalue weighted by Crippen LogP contribution is 2.16. The van der Waals surface area contributed by atoms with E-state index < -0.39 is 24.3 Å². The number of quaternary nitrogens is 1. The molecule has 462 valence electrons. The molecular weight excluding hydrogens is 1010 g/mol. The molecule has 0 bridgehead atoms. The molecule has 2 unspecified atom stereocenters. The molecule has 0 amide bonds. The number of allylic oxidation sites excluding steroid dienone is 20. The van der Waals surface area contributed by atoms with E-state index in [0.29, 0.717) is 17.4 Å². The molecule has 0 fully saturated rings. The van der Waals surface area contributed by atoms with Crippen molar-refractivity contribution < 1.29 is 42.9 Å². The Morgan fingerprint density at radius 3 is 0.988 bits per heavy atom. The molecule has 0 saturated heterocycles. The molecule has 0 rings (SSSR count). The van der Waals surface area contributed by atoms with Crippen LogP contribution in [0.4, 0.5) is 0 Å². The van der Waals surface area contributed by atoms with Crippen LogP contribution in [0.5, 0.6) is 0 Å². The van der Waals surface area contributed by atoms with Gasteiger partial charge in [-0.2, -0.15) is 0 Å². The molecule has 0 spiro atoms. The number of aliphatic carboxylic acids is 1. The fourth-order valence-electron chi connectivity index (χ4n) is 8.77. The maximum Gasteiger partial charge on any atom is 0.361 e. The third-order valence-corrected chi connectivity index (χ3v) is 13.7. The summed E-state index contributed by atoms with van der Waals surface area (Å²) in [6.07, 6.45) is 84.4. The van der Waals surface area contributed by atoms with E-state index in [-0.39, 0.29) is 38.6 Å². The number of rotatable bonds is 59. The van der Waals surface area contributed by atoms with Crippen molar-refractivity contribution in [3.8, 4) is 0 Å². The first-order valence-electron chi connectivity index (χ1n) is 32.7. The molecule has 1 N–H and O–H groups in total. The lowest BCUT2D eigenvalue weighted by Gasteiger charge is -2.25. The molecule has 0 radical (unpaired) electrons. The minimum Gasteiger partial charge on any atom is -0.477 e. The second-order valence-corrected chi connectivity index (χ2v) is 22.7. The van der Waals surface area contributed by atoms with Crippen LogP contribution in [0.1, 0.15) is 258 Å². The molecular formula is C72H122NO8+. The summed E-state index contributed by atoms with van der Waals surface area (Å²) in [6, 6.07) is 0. The smallest absolute Gasteiger partial charge is 0.361 e. The normalized spacial score (nSPS) is 13.5. The Balaban J connectivity index is 4.14. The predicted molar refractivity (Wildman–Crippen MR) is 345 cm³/mol. The van der Waals surface area contributed by atoms with Gasteiger partial charge in [0.2, 0.25) is 0 Å². The second-order valence-electron chi connectivity index (χ2n) is 22.7. The van der Waals surface area contributed by atoms with Crippen molar-refractivity contribution in [2.45, 2.75) is 270 Å². The molecule has 9 heteroatoms. The van der Waals surface area contributed by atoms with Gasteiger partial charge in [0.25, 0.3) is 6.29 Å². The number of unbranched alkanes of at least 4 members (excludes halogenated alkanes) is 24. The maximum atomic E-state index is 12.9. The van der Waals surface area contributed by atoms with E-state index in [1.54, 1.807) is 0 Å². The van der Waals surface area contributed by atoms with Crippen LogP contribution in [0.15, 0.2) is 122 Å². The van der Waals surface area contributed by atoms with Gasteiger partial charge in [0.05, 0.1) is 34.4 Å². The van der Waals surface area contributed by atoms with E-state index in [0.717, 1.165) is 109 Å². The maximum absolute atomic E-state index is 12.9. The first kappa shape index (κ1) is 76.7. The summed E-state index contributed by atoms with van der Waals surface area (Å²) in [5.74, 6) is -2.02. The Kier molecular flexibility index (Phi) is 58.5. The Morgan fingerprint density at radius 1 is 0.370 bits per heavy atom. The van der Waals surface area contributed by atoms with E-state index in [2.05, 4.69) is 135 Å². The third-order valence-electron chi connectivity index (χ3n) is 13.7. The van der Waals surface area contributed by atoms with Gasteiger partial charge >= 0.3 is 17.9 Å². The Hall–Kier alpha value is -4.31. The number of hydrogen-bond donors (Lipinski definition) is 1. The van der Waals surface area contributed by atoms with Crippen molar-refractivity contribution in [3.05, 3.63) is 122 Å². The molecule has 0 heterocycles. The number of carboxylic acids is 1. The van der Waals surface area contributed by atoms with Crippen LogP contribution in [-0.4, -0.2) is 87.4 Å². The average molecular weight is 1130 g/mol. The highest BCUT2D eigenvalue weighted by atomic mass is 16.7. The lowest BCUT2D eigenvalue weighted by atomic mass is 10.0. The van der Waals surface area contributed by atoms with Gasteiger partial charge in [-0.25, -0.2) is 4.79 Å². The minimum atomic E-state index is -1.52. The number of carbonyl (C=O) groups is 3. The molecule has 0 aliphatic heterocycles. The van der Waals surface area contributed by atoms with Gasteiger partial charge in [0, 0.05) is 12.8 Å². The van der Waals surface area contributed by atoms with Gasteiger partial charge in [0.1, 0.15) is 13.2 Å². The molecule has 0 aromatic carbocycles. The van der Waals surface area contributed by atoms with Crippen molar-refractivity contribution in [2.24, 2.45) is 0 Å². The second kappa shape index (κ2) is 61.8. The first-order chi connectivity index (χ1) is 39.6. The monoisotopic (exact) mass is 1130 g/mol. The highest BCUT2D eigenvalue weighted by molar-refractivity contribution is 5.71. The van der Waals surface area contributed by atoms with E-state index in [4.69, 9.17) is 18.9 Å². The highest BCUT2D eigenvalue weighted by Gasteiger charge is 2.25. The van der Waals surface area contributed by atoms with Crippen LogP contribution < -0.4 is 0 Å². The van der Waals surface area contributed by atoms with Gasteiger partial charge in [-0.3, -0.25) is 9.59 Å². The summed E-state index contributed by atoms with van der Waals surface area (Å²) in [6.45, 7) is 4.65. The van der Waals surface area contributed by atoms with Gasteiger partial charge in [0.15, 0.2) is 6.10 Å². The number of nitrogens with zero attached hydrogens (tertiary/aromatic N) is 1. The SMILES string of the molecule is CC/C=C\C/C=C\C/C=C\C/C=C\C/C=C\C/C=C\CCCCCCCCCCCCCCCCCCC(=O)OC(COC(=O)CCCCCCCCCC/C=C\C/C=C\C/C=C\C/C=C\CC)COC(OCC[N+](C)(C)C)C(=O)O. The molecule has 0 aromatic rings. The summed E-state index contributed by atoms with van der Waals surface area (Å²) >= 11 is 0. The molecule has 0 aliphatic carbocycles. The minimum absolute atomic E-state index is 0.182. The number of carboxylic acid groups (broad SMARTS) is 1. The summed E-state index contributed by atoms with van der Waals surface area (Å²) in [5, 5.41) is 9.73. The van der Waals surface area contributed by atoms with E-state index >= 15 is 0 Å². The van der Waals surface area contributed by atoms with Crippen LogP contribution in [0, 0.1) is 0 Å². The number of esters is 2. The lowest BCUT2D eigenvalue weighted by molar-refractivity contribution is -0.870. The van der Waals surface area contributed by atoms with Crippen LogP contribution in [0.3, 0.4) is 0 Å². The Labute approximate surface area is 497 Å².